The van der Waals surface area contributed by atoms with Crippen LogP contribution in [-0.2, 0) is 5.75 Å². The number of aromatic nitrogens is 5. The molecule has 1 fully saturated rings. The first-order chi connectivity index (χ1) is 12.3. The van der Waals surface area contributed by atoms with Crippen molar-refractivity contribution in [3.8, 4) is 11.4 Å². The second-order valence-electron chi connectivity index (χ2n) is 6.38. The number of aryl methyl sites for hydroxylation is 1. The molecule has 0 amide bonds. The fourth-order valence-electron chi connectivity index (χ4n) is 3.10. The second-order valence-corrected chi connectivity index (χ2v) is 7.32. The van der Waals surface area contributed by atoms with Gasteiger partial charge in [-0.05, 0) is 25.8 Å². The number of fused-ring (bicyclic) bond motifs is 1. The third-order valence-corrected chi connectivity index (χ3v) is 5.39. The molecule has 0 unspecified atom stereocenters. The normalized spacial score (nSPS) is 14.4. The van der Waals surface area contributed by atoms with Gasteiger partial charge in [-0.2, -0.15) is 0 Å². The van der Waals surface area contributed by atoms with Gasteiger partial charge in [0.25, 0.3) is 0 Å². The standard InChI is InChI=1S/C18H17N5OS/c1-11-8-13(24-22-11)10-25-18-21-20-17(23(18)12-6-7-12)15-9-19-16-5-3-2-4-14(15)16/h2-5,8-9,12,19H,6-7,10H2,1H3. The third-order valence-electron chi connectivity index (χ3n) is 4.43. The summed E-state index contributed by atoms with van der Waals surface area (Å²) in [6, 6.07) is 10.8. The molecule has 1 aliphatic carbocycles. The first-order valence-corrected chi connectivity index (χ1v) is 9.34. The van der Waals surface area contributed by atoms with E-state index in [0.717, 1.165) is 33.5 Å². The topological polar surface area (TPSA) is 72.5 Å². The molecule has 0 spiro atoms. The molecule has 7 heteroatoms. The van der Waals surface area contributed by atoms with Crippen LogP contribution in [0.4, 0.5) is 0 Å². The van der Waals surface area contributed by atoms with Crippen molar-refractivity contribution in [2.24, 2.45) is 0 Å². The van der Waals surface area contributed by atoms with E-state index in [-0.39, 0.29) is 0 Å². The van der Waals surface area contributed by atoms with E-state index in [9.17, 15) is 0 Å². The highest BCUT2D eigenvalue weighted by Crippen LogP contribution is 2.42. The van der Waals surface area contributed by atoms with Crippen molar-refractivity contribution in [1.29, 1.82) is 0 Å². The van der Waals surface area contributed by atoms with Gasteiger partial charge in [-0.3, -0.25) is 4.57 Å². The summed E-state index contributed by atoms with van der Waals surface area (Å²) in [6.07, 6.45) is 4.40. The molecular weight excluding hydrogens is 334 g/mol. The van der Waals surface area contributed by atoms with Crippen molar-refractivity contribution in [3.05, 3.63) is 48.0 Å². The Bertz CT molecular complexity index is 1040. The quantitative estimate of drug-likeness (QED) is 0.541. The summed E-state index contributed by atoms with van der Waals surface area (Å²) in [6.45, 7) is 1.93. The van der Waals surface area contributed by atoms with Crippen LogP contribution in [0.15, 0.2) is 46.2 Å². The highest BCUT2D eigenvalue weighted by atomic mass is 32.2. The molecule has 0 radical (unpaired) electrons. The fraction of sp³-hybridized carbons (Fsp3) is 0.278. The molecule has 25 heavy (non-hydrogen) atoms. The molecule has 1 N–H and O–H groups in total. The minimum Gasteiger partial charge on any atom is -0.360 e. The largest absolute Gasteiger partial charge is 0.360 e. The Morgan fingerprint density at radius 1 is 1.28 bits per heavy atom. The van der Waals surface area contributed by atoms with Gasteiger partial charge in [0.1, 0.15) is 5.76 Å². The van der Waals surface area contributed by atoms with Crippen molar-refractivity contribution in [1.82, 2.24) is 24.9 Å². The Balaban J connectivity index is 1.51. The number of hydrogen-bond donors (Lipinski definition) is 1. The van der Waals surface area contributed by atoms with E-state index in [2.05, 4.69) is 43.1 Å². The lowest BCUT2D eigenvalue weighted by Gasteiger charge is -2.07. The smallest absolute Gasteiger partial charge is 0.192 e. The Hall–Kier alpha value is -2.54. The van der Waals surface area contributed by atoms with Gasteiger partial charge < -0.3 is 9.51 Å². The SMILES string of the molecule is Cc1cc(CSc2nnc(-c3c[nH]c4ccccc34)n2C2CC2)on1. The van der Waals surface area contributed by atoms with Crippen molar-refractivity contribution in [2.45, 2.75) is 36.7 Å². The average Bonchev–Trinajstić information content (AvgIpc) is 3.05. The average molecular weight is 351 g/mol. The van der Waals surface area contributed by atoms with Crippen LogP contribution in [0.2, 0.25) is 0 Å². The van der Waals surface area contributed by atoms with Crippen LogP contribution >= 0.6 is 11.8 Å². The summed E-state index contributed by atoms with van der Waals surface area (Å²) in [7, 11) is 0. The van der Waals surface area contributed by atoms with Crippen LogP contribution < -0.4 is 0 Å². The highest BCUT2D eigenvalue weighted by Gasteiger charge is 2.31. The van der Waals surface area contributed by atoms with E-state index >= 15 is 0 Å². The summed E-state index contributed by atoms with van der Waals surface area (Å²) < 4.78 is 7.59. The molecule has 5 rings (SSSR count). The predicted molar refractivity (Wildman–Crippen MR) is 96.4 cm³/mol. The van der Waals surface area contributed by atoms with Crippen LogP contribution in [0.1, 0.15) is 30.3 Å². The van der Waals surface area contributed by atoms with Crippen LogP contribution in [0.25, 0.3) is 22.3 Å². The van der Waals surface area contributed by atoms with E-state index in [0.29, 0.717) is 11.8 Å². The third kappa shape index (κ3) is 2.64. The van der Waals surface area contributed by atoms with E-state index in [1.807, 2.05) is 25.3 Å². The van der Waals surface area contributed by atoms with Gasteiger partial charge in [0, 0.05) is 34.8 Å². The van der Waals surface area contributed by atoms with Crippen LogP contribution in [0.3, 0.4) is 0 Å². The maximum atomic E-state index is 5.31. The Morgan fingerprint density at radius 3 is 2.96 bits per heavy atom. The summed E-state index contributed by atoms with van der Waals surface area (Å²) in [4.78, 5) is 3.33. The van der Waals surface area contributed by atoms with E-state index < -0.39 is 0 Å². The van der Waals surface area contributed by atoms with Gasteiger partial charge in [-0.1, -0.05) is 35.1 Å². The lowest BCUT2D eigenvalue weighted by molar-refractivity contribution is 0.391. The molecule has 0 bridgehead atoms. The molecule has 3 heterocycles. The Kier molecular flexibility index (Phi) is 3.41. The summed E-state index contributed by atoms with van der Waals surface area (Å²) in [5, 5.41) is 15.0. The molecule has 1 aliphatic rings. The lowest BCUT2D eigenvalue weighted by atomic mass is 10.1. The molecule has 4 aromatic rings. The fourth-order valence-corrected chi connectivity index (χ4v) is 3.98. The van der Waals surface area contributed by atoms with E-state index in [1.54, 1.807) is 11.8 Å². The molecule has 0 atom stereocenters. The number of hydrogen-bond acceptors (Lipinski definition) is 5. The first kappa shape index (κ1) is 14.8. The van der Waals surface area contributed by atoms with E-state index in [4.69, 9.17) is 4.52 Å². The van der Waals surface area contributed by atoms with Gasteiger partial charge in [-0.15, -0.1) is 10.2 Å². The number of aromatic amines is 1. The van der Waals surface area contributed by atoms with Gasteiger partial charge in [0.05, 0.1) is 11.4 Å². The van der Waals surface area contributed by atoms with Crippen molar-refractivity contribution < 1.29 is 4.52 Å². The van der Waals surface area contributed by atoms with Crippen molar-refractivity contribution in [3.63, 3.8) is 0 Å². The molecule has 0 saturated heterocycles. The summed E-state index contributed by atoms with van der Waals surface area (Å²) in [5.74, 6) is 2.51. The number of thioether (sulfide) groups is 1. The number of rotatable bonds is 5. The molecule has 126 valence electrons. The highest BCUT2D eigenvalue weighted by molar-refractivity contribution is 7.98. The number of H-pyrrole nitrogens is 1. The molecule has 0 aliphatic heterocycles. The molecule has 1 saturated carbocycles. The maximum Gasteiger partial charge on any atom is 0.192 e. The summed E-state index contributed by atoms with van der Waals surface area (Å²) >= 11 is 1.65. The van der Waals surface area contributed by atoms with Crippen molar-refractivity contribution in [2.75, 3.05) is 0 Å². The number of para-hydroxylation sites is 1. The van der Waals surface area contributed by atoms with Crippen LogP contribution in [0, 0.1) is 6.92 Å². The Labute approximate surface area is 148 Å². The van der Waals surface area contributed by atoms with Gasteiger partial charge in [-0.25, -0.2) is 0 Å². The minimum atomic E-state index is 0.498. The lowest BCUT2D eigenvalue weighted by Crippen LogP contribution is -1.99. The van der Waals surface area contributed by atoms with Crippen molar-refractivity contribution >= 4 is 22.7 Å². The zero-order valence-corrected chi connectivity index (χ0v) is 14.6. The molecule has 6 nitrogen and oxygen atoms in total. The zero-order chi connectivity index (χ0) is 16.8. The Morgan fingerprint density at radius 2 is 2.16 bits per heavy atom. The molecule has 3 aromatic heterocycles. The second kappa shape index (κ2) is 5.77. The number of benzene rings is 1. The molecule has 1 aromatic carbocycles. The first-order valence-electron chi connectivity index (χ1n) is 8.36. The number of nitrogens with one attached hydrogen (secondary N) is 1. The predicted octanol–water partition coefficient (Wildman–Crippen LogP) is 4.35. The zero-order valence-electron chi connectivity index (χ0n) is 13.8. The maximum absolute atomic E-state index is 5.31. The monoisotopic (exact) mass is 351 g/mol. The van der Waals surface area contributed by atoms with E-state index in [1.165, 1.54) is 18.2 Å². The number of nitrogens with zero attached hydrogens (tertiary/aromatic N) is 4. The van der Waals surface area contributed by atoms with Crippen LogP contribution in [-0.4, -0.2) is 24.9 Å². The summed E-state index contributed by atoms with van der Waals surface area (Å²) in [5.41, 5.74) is 3.13. The minimum absolute atomic E-state index is 0.498. The van der Waals surface area contributed by atoms with Gasteiger partial charge in [0.2, 0.25) is 0 Å². The molecular formula is C18H17N5OS. The van der Waals surface area contributed by atoms with Gasteiger partial charge in [0.15, 0.2) is 11.0 Å². The van der Waals surface area contributed by atoms with Crippen LogP contribution in [0.5, 0.6) is 0 Å². The van der Waals surface area contributed by atoms with Gasteiger partial charge >= 0.3 is 0 Å².